The fourth-order valence-corrected chi connectivity index (χ4v) is 0.791. The van der Waals surface area contributed by atoms with Crippen LogP contribution in [0.5, 0.6) is 0 Å². The molecule has 0 heterocycles. The van der Waals surface area contributed by atoms with Crippen LogP contribution in [-0.4, -0.2) is 31.0 Å². The smallest absolute Gasteiger partial charge is 0.321 e. The first-order valence-electron chi connectivity index (χ1n) is 3.71. The summed E-state index contributed by atoms with van der Waals surface area (Å²) in [4.78, 5) is 19.4. The molecule has 0 aromatic rings. The van der Waals surface area contributed by atoms with Crippen LogP contribution in [0.4, 0.5) is 0 Å². The number of hydrogen-bond acceptors (Lipinski definition) is 4. The molecule has 72 valence electrons. The van der Waals surface area contributed by atoms with Gasteiger partial charge >= 0.3 is 5.97 Å². The highest BCUT2D eigenvalue weighted by atomic mass is 17.2. The maximum atomic E-state index is 10.6. The standard InChI is InChI=1S/C7H15NO4/c1-5(2)6(7(9)10)8-4-12-11-3/h5-6,8H,4H2,1-3H3,(H,9,10)/t6-/m0/s1. The number of carbonyl (C=O) groups is 1. The molecule has 0 aromatic carbocycles. The Morgan fingerprint density at radius 1 is 1.58 bits per heavy atom. The molecule has 0 saturated heterocycles. The Balaban J connectivity index is 3.72. The summed E-state index contributed by atoms with van der Waals surface area (Å²) in [5.41, 5.74) is 0. The number of carboxylic acid groups (broad SMARTS) is 1. The maximum absolute atomic E-state index is 10.6. The molecule has 0 spiro atoms. The number of rotatable bonds is 6. The Morgan fingerprint density at radius 3 is 2.50 bits per heavy atom. The lowest BCUT2D eigenvalue weighted by Gasteiger charge is -2.16. The highest BCUT2D eigenvalue weighted by molar-refractivity contribution is 5.73. The molecule has 0 bridgehead atoms. The van der Waals surface area contributed by atoms with Gasteiger partial charge in [-0.1, -0.05) is 13.8 Å². The Hall–Kier alpha value is -0.650. The third-order valence-corrected chi connectivity index (χ3v) is 1.41. The lowest BCUT2D eigenvalue weighted by atomic mass is 10.1. The van der Waals surface area contributed by atoms with Crippen LogP contribution >= 0.6 is 0 Å². The van der Waals surface area contributed by atoms with Gasteiger partial charge in [0.2, 0.25) is 0 Å². The second-order valence-corrected chi connectivity index (χ2v) is 2.69. The van der Waals surface area contributed by atoms with Crippen molar-refractivity contribution in [1.82, 2.24) is 5.32 Å². The molecule has 12 heavy (non-hydrogen) atoms. The van der Waals surface area contributed by atoms with Crippen molar-refractivity contribution in [3.05, 3.63) is 0 Å². The van der Waals surface area contributed by atoms with E-state index in [1.165, 1.54) is 7.11 Å². The van der Waals surface area contributed by atoms with Crippen molar-refractivity contribution in [3.8, 4) is 0 Å². The van der Waals surface area contributed by atoms with Crippen molar-refractivity contribution in [2.45, 2.75) is 19.9 Å². The van der Waals surface area contributed by atoms with Crippen LogP contribution in [0.3, 0.4) is 0 Å². The molecule has 0 aliphatic carbocycles. The average molecular weight is 177 g/mol. The normalized spacial score (nSPS) is 13.3. The highest BCUT2D eigenvalue weighted by Gasteiger charge is 2.20. The van der Waals surface area contributed by atoms with Gasteiger partial charge in [0, 0.05) is 0 Å². The van der Waals surface area contributed by atoms with Crippen LogP contribution in [0.1, 0.15) is 13.8 Å². The predicted octanol–water partition coefficient (Wildman–Crippen LogP) is 0.221. The molecule has 0 fully saturated rings. The van der Waals surface area contributed by atoms with Crippen molar-refractivity contribution in [1.29, 1.82) is 0 Å². The second-order valence-electron chi connectivity index (χ2n) is 2.69. The second kappa shape index (κ2) is 5.93. The van der Waals surface area contributed by atoms with Gasteiger partial charge in [-0.25, -0.2) is 9.78 Å². The van der Waals surface area contributed by atoms with Crippen molar-refractivity contribution in [2.75, 3.05) is 13.8 Å². The zero-order valence-corrected chi connectivity index (χ0v) is 7.53. The number of nitrogens with one attached hydrogen (secondary N) is 1. The van der Waals surface area contributed by atoms with E-state index in [4.69, 9.17) is 5.11 Å². The van der Waals surface area contributed by atoms with Gasteiger partial charge in [0.1, 0.15) is 12.8 Å². The van der Waals surface area contributed by atoms with E-state index in [0.717, 1.165) is 0 Å². The van der Waals surface area contributed by atoms with E-state index in [0.29, 0.717) is 0 Å². The number of carboxylic acids is 1. The molecule has 0 aromatic heterocycles. The Kier molecular flexibility index (Phi) is 5.61. The van der Waals surface area contributed by atoms with Crippen molar-refractivity contribution in [2.24, 2.45) is 5.92 Å². The monoisotopic (exact) mass is 177 g/mol. The lowest BCUT2D eigenvalue weighted by Crippen LogP contribution is -2.41. The first-order valence-corrected chi connectivity index (χ1v) is 3.71. The van der Waals surface area contributed by atoms with Gasteiger partial charge in [0.25, 0.3) is 0 Å². The van der Waals surface area contributed by atoms with E-state index in [2.05, 4.69) is 15.1 Å². The quantitative estimate of drug-likeness (QED) is 0.263. The summed E-state index contributed by atoms with van der Waals surface area (Å²) >= 11 is 0. The summed E-state index contributed by atoms with van der Waals surface area (Å²) < 4.78 is 0. The molecule has 0 aliphatic rings. The summed E-state index contributed by atoms with van der Waals surface area (Å²) in [7, 11) is 1.37. The molecule has 0 amide bonds. The van der Waals surface area contributed by atoms with E-state index in [1.54, 1.807) is 0 Å². The molecule has 0 aliphatic heterocycles. The van der Waals surface area contributed by atoms with Gasteiger partial charge in [-0.3, -0.25) is 10.1 Å². The van der Waals surface area contributed by atoms with Crippen LogP contribution in [0, 0.1) is 5.92 Å². The van der Waals surface area contributed by atoms with Crippen LogP contribution < -0.4 is 5.32 Å². The van der Waals surface area contributed by atoms with Crippen molar-refractivity contribution in [3.63, 3.8) is 0 Å². The summed E-state index contributed by atoms with van der Waals surface area (Å²) in [5, 5.41) is 11.4. The molecular formula is C7H15NO4. The molecule has 0 saturated carbocycles. The Morgan fingerprint density at radius 2 is 2.17 bits per heavy atom. The topological polar surface area (TPSA) is 67.8 Å². The van der Waals surface area contributed by atoms with E-state index >= 15 is 0 Å². The molecule has 0 unspecified atom stereocenters. The van der Waals surface area contributed by atoms with Crippen LogP contribution in [0.2, 0.25) is 0 Å². The highest BCUT2D eigenvalue weighted by Crippen LogP contribution is 2.00. The van der Waals surface area contributed by atoms with E-state index < -0.39 is 12.0 Å². The minimum atomic E-state index is -0.885. The molecule has 2 N–H and O–H groups in total. The van der Waals surface area contributed by atoms with Gasteiger partial charge in [0.15, 0.2) is 0 Å². The third kappa shape index (κ3) is 4.27. The number of aliphatic carboxylic acids is 1. The minimum Gasteiger partial charge on any atom is -0.480 e. The minimum absolute atomic E-state index is 0.0166. The average Bonchev–Trinajstić information content (AvgIpc) is 1.96. The fourth-order valence-electron chi connectivity index (χ4n) is 0.791. The zero-order chi connectivity index (χ0) is 9.56. The Bertz CT molecular complexity index is 137. The molecule has 0 rings (SSSR count). The summed E-state index contributed by atoms with van der Waals surface area (Å²) in [6.45, 7) is 3.71. The summed E-state index contributed by atoms with van der Waals surface area (Å²) in [6, 6.07) is -0.597. The molecular weight excluding hydrogens is 162 g/mol. The molecule has 1 atom stereocenters. The van der Waals surface area contributed by atoms with E-state index in [-0.39, 0.29) is 12.6 Å². The molecule has 0 radical (unpaired) electrons. The number of hydrogen-bond donors (Lipinski definition) is 2. The first kappa shape index (κ1) is 11.4. The van der Waals surface area contributed by atoms with Gasteiger partial charge in [-0.05, 0) is 5.92 Å². The third-order valence-electron chi connectivity index (χ3n) is 1.41. The largest absolute Gasteiger partial charge is 0.480 e. The van der Waals surface area contributed by atoms with E-state index in [9.17, 15) is 4.79 Å². The van der Waals surface area contributed by atoms with Gasteiger partial charge in [0.05, 0.1) is 7.11 Å². The van der Waals surface area contributed by atoms with Crippen LogP contribution in [0.15, 0.2) is 0 Å². The van der Waals surface area contributed by atoms with Gasteiger partial charge in [-0.15, -0.1) is 0 Å². The van der Waals surface area contributed by atoms with E-state index in [1.807, 2.05) is 13.8 Å². The van der Waals surface area contributed by atoms with Crippen LogP contribution in [-0.2, 0) is 14.6 Å². The van der Waals surface area contributed by atoms with Gasteiger partial charge < -0.3 is 5.11 Å². The summed E-state index contributed by atoms with van der Waals surface area (Å²) in [5.74, 6) is -0.868. The first-order chi connectivity index (χ1) is 5.59. The molecule has 5 heteroatoms. The van der Waals surface area contributed by atoms with Crippen LogP contribution in [0.25, 0.3) is 0 Å². The SMILES string of the molecule is COOCN[C@H](C(=O)O)C(C)C. The fraction of sp³-hybridized carbons (Fsp3) is 0.857. The van der Waals surface area contributed by atoms with Gasteiger partial charge in [-0.2, -0.15) is 0 Å². The zero-order valence-electron chi connectivity index (χ0n) is 7.53. The lowest BCUT2D eigenvalue weighted by molar-refractivity contribution is -0.278. The molecule has 5 nitrogen and oxygen atoms in total. The Labute approximate surface area is 71.6 Å². The maximum Gasteiger partial charge on any atom is 0.321 e. The predicted molar refractivity (Wildman–Crippen MR) is 42.4 cm³/mol. The van der Waals surface area contributed by atoms with Crippen molar-refractivity contribution < 1.29 is 19.7 Å². The summed E-state index contributed by atoms with van der Waals surface area (Å²) in [6.07, 6.45) is 0. The van der Waals surface area contributed by atoms with Crippen molar-refractivity contribution >= 4 is 5.97 Å².